The number of rotatable bonds is 7. The van der Waals surface area contributed by atoms with Crippen molar-refractivity contribution in [1.82, 2.24) is 14.9 Å². The molecular weight excluding hydrogens is 322 g/mol. The van der Waals surface area contributed by atoms with Crippen molar-refractivity contribution in [2.24, 2.45) is 0 Å². The van der Waals surface area contributed by atoms with Crippen molar-refractivity contribution >= 4 is 17.7 Å². The van der Waals surface area contributed by atoms with E-state index in [1.54, 1.807) is 13.3 Å². The second-order valence-corrected chi connectivity index (χ2v) is 6.93. The number of carbonyl (C=O) groups excluding carboxylic acids is 1. The number of benzene rings is 1. The van der Waals surface area contributed by atoms with Crippen molar-refractivity contribution in [1.29, 1.82) is 0 Å². The SMILES string of the molecule is COc1ccccc1Cn1ccnc1SCC(=O)NC1CCCC1. The molecule has 0 bridgehead atoms. The first-order valence-corrected chi connectivity index (χ1v) is 9.30. The van der Waals surface area contributed by atoms with E-state index in [2.05, 4.69) is 10.3 Å². The minimum Gasteiger partial charge on any atom is -0.496 e. The number of methoxy groups -OCH3 is 1. The molecule has 1 saturated carbocycles. The van der Waals surface area contributed by atoms with E-state index in [1.165, 1.54) is 24.6 Å². The molecule has 0 unspecified atom stereocenters. The lowest BCUT2D eigenvalue weighted by atomic mass is 10.2. The number of thioether (sulfide) groups is 1. The van der Waals surface area contributed by atoms with Crippen molar-refractivity contribution in [3.8, 4) is 5.75 Å². The van der Waals surface area contributed by atoms with Crippen LogP contribution in [0.15, 0.2) is 41.8 Å². The molecule has 1 aliphatic carbocycles. The number of carbonyl (C=O) groups is 1. The monoisotopic (exact) mass is 345 g/mol. The zero-order chi connectivity index (χ0) is 16.8. The standard InChI is InChI=1S/C18H23N3O2S/c1-23-16-9-5-2-6-14(16)12-21-11-10-19-18(21)24-13-17(22)20-15-7-3-4-8-15/h2,5-6,9-11,15H,3-4,7-8,12-13H2,1H3,(H,20,22). The molecule has 0 aliphatic heterocycles. The van der Waals surface area contributed by atoms with E-state index in [0.717, 1.165) is 29.3 Å². The van der Waals surface area contributed by atoms with Crippen molar-refractivity contribution in [2.45, 2.75) is 43.4 Å². The number of hydrogen-bond donors (Lipinski definition) is 1. The van der Waals surface area contributed by atoms with Gasteiger partial charge in [-0.3, -0.25) is 4.79 Å². The van der Waals surface area contributed by atoms with Crippen LogP contribution in [0.1, 0.15) is 31.2 Å². The van der Waals surface area contributed by atoms with Gasteiger partial charge in [0.15, 0.2) is 5.16 Å². The third-order valence-electron chi connectivity index (χ3n) is 4.26. The highest BCUT2D eigenvalue weighted by Gasteiger charge is 2.17. The van der Waals surface area contributed by atoms with E-state index in [4.69, 9.17) is 4.74 Å². The molecule has 6 heteroatoms. The maximum atomic E-state index is 12.1. The van der Waals surface area contributed by atoms with Crippen LogP contribution in [-0.2, 0) is 11.3 Å². The molecule has 0 radical (unpaired) electrons. The topological polar surface area (TPSA) is 56.2 Å². The third-order valence-corrected chi connectivity index (χ3v) is 5.27. The van der Waals surface area contributed by atoms with Gasteiger partial charge >= 0.3 is 0 Å². The summed E-state index contributed by atoms with van der Waals surface area (Å²) in [6.07, 6.45) is 8.37. The van der Waals surface area contributed by atoms with Crippen LogP contribution in [0.5, 0.6) is 5.75 Å². The summed E-state index contributed by atoms with van der Waals surface area (Å²) >= 11 is 1.48. The molecule has 1 N–H and O–H groups in total. The average Bonchev–Trinajstić information content (AvgIpc) is 3.25. The van der Waals surface area contributed by atoms with Crippen LogP contribution < -0.4 is 10.1 Å². The minimum absolute atomic E-state index is 0.0961. The molecular formula is C18H23N3O2S. The smallest absolute Gasteiger partial charge is 0.230 e. The molecule has 128 valence electrons. The first-order chi connectivity index (χ1) is 11.8. The van der Waals surface area contributed by atoms with Gasteiger partial charge in [-0.15, -0.1) is 0 Å². The molecule has 24 heavy (non-hydrogen) atoms. The fraction of sp³-hybridized carbons (Fsp3) is 0.444. The quantitative estimate of drug-likeness (QED) is 0.784. The van der Waals surface area contributed by atoms with Gasteiger partial charge in [0.2, 0.25) is 5.91 Å². The van der Waals surface area contributed by atoms with Crippen molar-refractivity contribution in [2.75, 3.05) is 12.9 Å². The number of imidazole rings is 1. The molecule has 1 amide bonds. The van der Waals surface area contributed by atoms with E-state index < -0.39 is 0 Å². The minimum atomic E-state index is 0.0961. The van der Waals surface area contributed by atoms with Crippen molar-refractivity contribution in [3.63, 3.8) is 0 Å². The van der Waals surface area contributed by atoms with Gasteiger partial charge in [-0.1, -0.05) is 42.8 Å². The largest absolute Gasteiger partial charge is 0.496 e. The number of nitrogens with one attached hydrogen (secondary N) is 1. The first-order valence-electron chi connectivity index (χ1n) is 8.31. The van der Waals surface area contributed by atoms with Crippen LogP contribution >= 0.6 is 11.8 Å². The van der Waals surface area contributed by atoms with Gasteiger partial charge in [0.1, 0.15) is 5.75 Å². The number of ether oxygens (including phenoxy) is 1. The van der Waals surface area contributed by atoms with E-state index in [-0.39, 0.29) is 5.91 Å². The zero-order valence-corrected chi connectivity index (χ0v) is 14.7. The Kier molecular flexibility index (Phi) is 5.80. The number of amides is 1. The Labute approximate surface area is 146 Å². The Hall–Kier alpha value is -1.95. The molecule has 1 aromatic carbocycles. The lowest BCUT2D eigenvalue weighted by Crippen LogP contribution is -2.33. The number of para-hydroxylation sites is 1. The lowest BCUT2D eigenvalue weighted by Gasteiger charge is -2.13. The molecule has 1 aliphatic rings. The summed E-state index contributed by atoms with van der Waals surface area (Å²) in [5.74, 6) is 1.36. The fourth-order valence-electron chi connectivity index (χ4n) is 3.04. The lowest BCUT2D eigenvalue weighted by molar-refractivity contribution is -0.119. The summed E-state index contributed by atoms with van der Waals surface area (Å²) in [7, 11) is 1.68. The Morgan fingerprint density at radius 1 is 1.38 bits per heavy atom. The van der Waals surface area contributed by atoms with Crippen molar-refractivity contribution in [3.05, 3.63) is 42.2 Å². The maximum absolute atomic E-state index is 12.1. The Morgan fingerprint density at radius 2 is 2.17 bits per heavy atom. The highest BCUT2D eigenvalue weighted by molar-refractivity contribution is 7.99. The van der Waals surface area contributed by atoms with Gasteiger partial charge in [0, 0.05) is 24.0 Å². The number of aromatic nitrogens is 2. The predicted molar refractivity (Wildman–Crippen MR) is 95.4 cm³/mol. The first kappa shape index (κ1) is 16.9. The van der Waals surface area contributed by atoms with E-state index in [9.17, 15) is 4.79 Å². The van der Waals surface area contributed by atoms with Gasteiger partial charge in [0.05, 0.1) is 19.4 Å². The third kappa shape index (κ3) is 4.32. The molecule has 3 rings (SSSR count). The zero-order valence-electron chi connectivity index (χ0n) is 13.9. The predicted octanol–water partition coefficient (Wildman–Crippen LogP) is 3.09. The van der Waals surface area contributed by atoms with E-state index in [1.807, 2.05) is 35.0 Å². The Balaban J connectivity index is 1.57. The molecule has 1 heterocycles. The normalized spacial score (nSPS) is 14.7. The second kappa shape index (κ2) is 8.24. The molecule has 0 spiro atoms. The van der Waals surface area contributed by atoms with Gasteiger partial charge in [-0.25, -0.2) is 4.98 Å². The number of hydrogen-bond acceptors (Lipinski definition) is 4. The van der Waals surface area contributed by atoms with Crippen LogP contribution in [-0.4, -0.2) is 34.4 Å². The molecule has 1 fully saturated rings. The molecule has 0 saturated heterocycles. The number of nitrogens with zero attached hydrogens (tertiary/aromatic N) is 2. The van der Waals surface area contributed by atoms with Gasteiger partial charge < -0.3 is 14.6 Å². The molecule has 5 nitrogen and oxygen atoms in total. The summed E-state index contributed by atoms with van der Waals surface area (Å²) in [6, 6.07) is 8.32. The van der Waals surface area contributed by atoms with Gasteiger partial charge in [-0.2, -0.15) is 0 Å². The second-order valence-electron chi connectivity index (χ2n) is 5.99. The van der Waals surface area contributed by atoms with Crippen LogP contribution in [0.2, 0.25) is 0 Å². The summed E-state index contributed by atoms with van der Waals surface area (Å²) in [4.78, 5) is 16.5. The van der Waals surface area contributed by atoms with E-state index >= 15 is 0 Å². The van der Waals surface area contributed by atoms with Gasteiger partial charge in [0.25, 0.3) is 0 Å². The molecule has 0 atom stereocenters. The summed E-state index contributed by atoms with van der Waals surface area (Å²) < 4.78 is 7.45. The highest BCUT2D eigenvalue weighted by atomic mass is 32.2. The molecule has 1 aromatic heterocycles. The van der Waals surface area contributed by atoms with Crippen LogP contribution in [0.25, 0.3) is 0 Å². The summed E-state index contributed by atoms with van der Waals surface area (Å²) in [5.41, 5.74) is 1.09. The maximum Gasteiger partial charge on any atom is 0.230 e. The van der Waals surface area contributed by atoms with Gasteiger partial charge in [-0.05, 0) is 18.9 Å². The summed E-state index contributed by atoms with van der Waals surface area (Å²) in [5, 5.41) is 3.96. The molecule has 2 aromatic rings. The summed E-state index contributed by atoms with van der Waals surface area (Å²) in [6.45, 7) is 0.677. The van der Waals surface area contributed by atoms with Crippen LogP contribution in [0.4, 0.5) is 0 Å². The Morgan fingerprint density at radius 3 is 2.96 bits per heavy atom. The Bertz CT molecular complexity index is 680. The fourth-order valence-corrected chi connectivity index (χ4v) is 3.81. The van der Waals surface area contributed by atoms with Crippen LogP contribution in [0, 0.1) is 0 Å². The average molecular weight is 345 g/mol. The van der Waals surface area contributed by atoms with E-state index in [0.29, 0.717) is 18.3 Å². The highest BCUT2D eigenvalue weighted by Crippen LogP contribution is 2.23. The van der Waals surface area contributed by atoms with Crippen molar-refractivity contribution < 1.29 is 9.53 Å². The van der Waals surface area contributed by atoms with Crippen LogP contribution in [0.3, 0.4) is 0 Å².